The number of aromatic nitrogens is 1. The number of nitrogen functional groups attached to an aromatic ring is 1. The standard InChI is InChI=1S/C14H14ClN3O2/c1-9-3-2-6-18(14(9)20)8-13(19)17-12-5-4-10(16)7-11(12)15/h2-7H,8,16H2,1H3,(H,17,19). The Bertz CT molecular complexity index is 710. The minimum atomic E-state index is -0.329. The van der Waals surface area contributed by atoms with Crippen LogP contribution in [0.5, 0.6) is 0 Å². The molecule has 20 heavy (non-hydrogen) atoms. The lowest BCUT2D eigenvalue weighted by atomic mass is 10.3. The maximum atomic E-state index is 11.9. The number of halogens is 1. The van der Waals surface area contributed by atoms with E-state index in [1.165, 1.54) is 4.57 Å². The maximum absolute atomic E-state index is 11.9. The van der Waals surface area contributed by atoms with Gasteiger partial charge in [-0.15, -0.1) is 0 Å². The van der Waals surface area contributed by atoms with E-state index < -0.39 is 0 Å². The van der Waals surface area contributed by atoms with E-state index in [0.29, 0.717) is 22.0 Å². The van der Waals surface area contributed by atoms with Crippen molar-refractivity contribution in [2.24, 2.45) is 0 Å². The molecule has 0 spiro atoms. The predicted octanol–water partition coefficient (Wildman–Crippen LogP) is 2.03. The van der Waals surface area contributed by atoms with E-state index in [1.54, 1.807) is 43.5 Å². The van der Waals surface area contributed by atoms with E-state index >= 15 is 0 Å². The quantitative estimate of drug-likeness (QED) is 0.850. The van der Waals surface area contributed by atoms with Crippen molar-refractivity contribution < 1.29 is 4.79 Å². The van der Waals surface area contributed by atoms with Gasteiger partial charge in [0.05, 0.1) is 10.7 Å². The summed E-state index contributed by atoms with van der Waals surface area (Å²) in [6, 6.07) is 8.23. The molecule has 104 valence electrons. The third kappa shape index (κ3) is 3.19. The first kappa shape index (κ1) is 14.1. The number of carbonyl (C=O) groups excluding carboxylic acids is 1. The summed E-state index contributed by atoms with van der Waals surface area (Å²) >= 11 is 5.97. The molecular weight excluding hydrogens is 278 g/mol. The number of benzene rings is 1. The highest BCUT2D eigenvalue weighted by Crippen LogP contribution is 2.23. The zero-order valence-corrected chi connectivity index (χ0v) is 11.6. The largest absolute Gasteiger partial charge is 0.399 e. The van der Waals surface area contributed by atoms with Crippen molar-refractivity contribution in [3.05, 3.63) is 57.5 Å². The topological polar surface area (TPSA) is 77.1 Å². The lowest BCUT2D eigenvalue weighted by Crippen LogP contribution is -2.28. The van der Waals surface area contributed by atoms with Crippen LogP contribution in [0.15, 0.2) is 41.3 Å². The minimum absolute atomic E-state index is 0.0682. The van der Waals surface area contributed by atoms with Crippen LogP contribution in [0.1, 0.15) is 5.56 Å². The van der Waals surface area contributed by atoms with Crippen molar-refractivity contribution in [1.29, 1.82) is 0 Å². The molecule has 2 rings (SSSR count). The van der Waals surface area contributed by atoms with Crippen molar-refractivity contribution in [2.75, 3.05) is 11.1 Å². The van der Waals surface area contributed by atoms with E-state index in [9.17, 15) is 9.59 Å². The zero-order valence-electron chi connectivity index (χ0n) is 10.9. The van der Waals surface area contributed by atoms with Crippen molar-refractivity contribution in [3.8, 4) is 0 Å². The van der Waals surface area contributed by atoms with E-state index in [0.717, 1.165) is 0 Å². The molecule has 0 atom stereocenters. The molecule has 0 radical (unpaired) electrons. The second kappa shape index (κ2) is 5.79. The summed E-state index contributed by atoms with van der Waals surface area (Å²) in [7, 11) is 0. The molecule has 0 saturated carbocycles. The van der Waals surface area contributed by atoms with E-state index in [1.807, 2.05) is 0 Å². The molecule has 0 aliphatic heterocycles. The molecule has 0 bridgehead atoms. The van der Waals surface area contributed by atoms with Crippen LogP contribution in [-0.2, 0) is 11.3 Å². The molecule has 1 amide bonds. The van der Waals surface area contributed by atoms with Gasteiger partial charge in [-0.2, -0.15) is 0 Å². The van der Waals surface area contributed by atoms with Crippen LogP contribution in [0.3, 0.4) is 0 Å². The van der Waals surface area contributed by atoms with Crippen molar-refractivity contribution >= 4 is 28.9 Å². The van der Waals surface area contributed by atoms with Crippen LogP contribution in [0.25, 0.3) is 0 Å². The van der Waals surface area contributed by atoms with Crippen molar-refractivity contribution in [2.45, 2.75) is 13.5 Å². The highest BCUT2D eigenvalue weighted by Gasteiger charge is 2.08. The zero-order chi connectivity index (χ0) is 14.7. The Balaban J connectivity index is 2.13. The summed E-state index contributed by atoms with van der Waals surface area (Å²) in [5.74, 6) is -0.329. The van der Waals surface area contributed by atoms with Gasteiger partial charge in [0, 0.05) is 17.4 Å². The highest BCUT2D eigenvalue weighted by molar-refractivity contribution is 6.34. The van der Waals surface area contributed by atoms with Gasteiger partial charge >= 0.3 is 0 Å². The number of amides is 1. The normalized spacial score (nSPS) is 10.3. The maximum Gasteiger partial charge on any atom is 0.253 e. The average Bonchev–Trinajstić information content (AvgIpc) is 2.38. The Morgan fingerprint density at radius 2 is 2.15 bits per heavy atom. The average molecular weight is 292 g/mol. The van der Waals surface area contributed by atoms with Crippen molar-refractivity contribution in [1.82, 2.24) is 4.57 Å². The first-order valence-corrected chi connectivity index (χ1v) is 6.36. The molecule has 1 aromatic heterocycles. The summed E-state index contributed by atoms with van der Waals surface area (Å²) in [6.45, 7) is 1.63. The van der Waals surface area contributed by atoms with Gasteiger partial charge in [-0.25, -0.2) is 0 Å². The second-order valence-corrected chi connectivity index (χ2v) is 4.82. The molecular formula is C14H14ClN3O2. The van der Waals surface area contributed by atoms with Crippen molar-refractivity contribution in [3.63, 3.8) is 0 Å². The molecule has 6 heteroatoms. The van der Waals surface area contributed by atoms with Crippen LogP contribution >= 0.6 is 11.6 Å². The van der Waals surface area contributed by atoms with E-state index in [2.05, 4.69) is 5.32 Å². The monoisotopic (exact) mass is 291 g/mol. The first-order valence-electron chi connectivity index (χ1n) is 5.98. The number of rotatable bonds is 3. The molecule has 0 aliphatic carbocycles. The Hall–Kier alpha value is -2.27. The first-order chi connectivity index (χ1) is 9.47. The lowest BCUT2D eigenvalue weighted by molar-refractivity contribution is -0.116. The number of hydrogen-bond acceptors (Lipinski definition) is 3. The molecule has 0 aliphatic rings. The van der Waals surface area contributed by atoms with Crippen LogP contribution < -0.4 is 16.6 Å². The fraction of sp³-hybridized carbons (Fsp3) is 0.143. The van der Waals surface area contributed by atoms with Gasteiger partial charge in [0.25, 0.3) is 5.56 Å². The number of nitrogens with two attached hydrogens (primary N) is 1. The molecule has 2 aromatic rings. The Kier molecular flexibility index (Phi) is 4.10. The van der Waals surface area contributed by atoms with Crippen LogP contribution in [0, 0.1) is 6.92 Å². The van der Waals surface area contributed by atoms with Gasteiger partial charge < -0.3 is 15.6 Å². The minimum Gasteiger partial charge on any atom is -0.399 e. The van der Waals surface area contributed by atoms with Gasteiger partial charge in [-0.3, -0.25) is 9.59 Å². The van der Waals surface area contributed by atoms with Gasteiger partial charge in [0.15, 0.2) is 0 Å². The molecule has 1 heterocycles. The van der Waals surface area contributed by atoms with Crippen LogP contribution in [0.2, 0.25) is 5.02 Å². The second-order valence-electron chi connectivity index (χ2n) is 4.41. The summed E-state index contributed by atoms with van der Waals surface area (Å²) in [5, 5.41) is 3.00. The van der Waals surface area contributed by atoms with Gasteiger partial charge in [0.1, 0.15) is 6.54 Å². The summed E-state index contributed by atoms with van der Waals surface area (Å²) in [6.07, 6.45) is 1.57. The van der Waals surface area contributed by atoms with Crippen LogP contribution in [0.4, 0.5) is 11.4 Å². The SMILES string of the molecule is Cc1cccn(CC(=O)Nc2ccc(N)cc2Cl)c1=O. The van der Waals surface area contributed by atoms with Gasteiger partial charge in [0.2, 0.25) is 5.91 Å². The molecule has 1 aromatic carbocycles. The van der Waals surface area contributed by atoms with E-state index in [-0.39, 0.29) is 18.0 Å². The number of anilines is 2. The summed E-state index contributed by atoms with van der Waals surface area (Å²) in [4.78, 5) is 23.7. The number of carbonyl (C=O) groups is 1. The fourth-order valence-electron chi connectivity index (χ4n) is 1.76. The number of aryl methyl sites for hydroxylation is 1. The number of pyridine rings is 1. The summed E-state index contributed by atoms with van der Waals surface area (Å²) < 4.78 is 1.34. The Labute approximate surface area is 121 Å². The van der Waals surface area contributed by atoms with E-state index in [4.69, 9.17) is 17.3 Å². The Morgan fingerprint density at radius 3 is 2.85 bits per heavy atom. The molecule has 0 saturated heterocycles. The van der Waals surface area contributed by atoms with Gasteiger partial charge in [-0.05, 0) is 31.2 Å². The summed E-state index contributed by atoms with van der Waals surface area (Å²) in [5.41, 5.74) is 6.96. The third-order valence-corrected chi connectivity index (χ3v) is 3.10. The molecule has 0 unspecified atom stereocenters. The van der Waals surface area contributed by atoms with Gasteiger partial charge in [-0.1, -0.05) is 17.7 Å². The molecule has 3 N–H and O–H groups in total. The number of nitrogens with one attached hydrogen (secondary N) is 1. The van der Waals surface area contributed by atoms with Crippen LogP contribution in [-0.4, -0.2) is 10.5 Å². The fourth-order valence-corrected chi connectivity index (χ4v) is 1.99. The predicted molar refractivity (Wildman–Crippen MR) is 79.9 cm³/mol. The number of hydrogen-bond donors (Lipinski definition) is 2. The number of nitrogens with zero attached hydrogens (tertiary/aromatic N) is 1. The third-order valence-electron chi connectivity index (χ3n) is 2.79. The lowest BCUT2D eigenvalue weighted by Gasteiger charge is -2.09. The smallest absolute Gasteiger partial charge is 0.253 e. The molecule has 5 nitrogen and oxygen atoms in total. The molecule has 0 fully saturated rings. The Morgan fingerprint density at radius 1 is 1.40 bits per heavy atom. The highest BCUT2D eigenvalue weighted by atomic mass is 35.5.